The van der Waals surface area contributed by atoms with Crippen molar-refractivity contribution in [3.05, 3.63) is 90.0 Å². The second kappa shape index (κ2) is 9.96. The normalized spacial score (nSPS) is 17.6. The Morgan fingerprint density at radius 3 is 2.44 bits per heavy atom. The van der Waals surface area contributed by atoms with Crippen molar-refractivity contribution in [2.75, 3.05) is 4.72 Å². The summed E-state index contributed by atoms with van der Waals surface area (Å²) in [5, 5.41) is 0. The van der Waals surface area contributed by atoms with E-state index < -0.39 is 28.1 Å². The maximum Gasteiger partial charge on any atom is 0.347 e. The number of anilines is 1. The van der Waals surface area contributed by atoms with Crippen molar-refractivity contribution in [2.24, 2.45) is 0 Å². The van der Waals surface area contributed by atoms with Crippen LogP contribution in [0, 0.1) is 0 Å². The van der Waals surface area contributed by atoms with Gasteiger partial charge in [-0.05, 0) is 55.0 Å². The Morgan fingerprint density at radius 1 is 1.03 bits per heavy atom. The number of hydrogen-bond acceptors (Lipinski definition) is 7. The highest BCUT2D eigenvalue weighted by Gasteiger charge is 2.35. The van der Waals surface area contributed by atoms with Crippen molar-refractivity contribution >= 4 is 27.6 Å². The Balaban J connectivity index is 1.40. The zero-order valence-electron chi connectivity index (χ0n) is 18.3. The lowest BCUT2D eigenvalue weighted by Gasteiger charge is -2.12. The predicted molar refractivity (Wildman–Crippen MR) is 124 cm³/mol. The van der Waals surface area contributed by atoms with Crippen molar-refractivity contribution in [3.8, 4) is 5.75 Å². The van der Waals surface area contributed by atoms with Crippen LogP contribution in [0.1, 0.15) is 29.3 Å². The molecule has 1 aliphatic heterocycles. The monoisotopic (exact) mass is 481 g/mol. The molecule has 1 heterocycles. The van der Waals surface area contributed by atoms with Crippen molar-refractivity contribution in [2.45, 2.75) is 37.1 Å². The topological polar surface area (TPSA) is 108 Å². The molecule has 3 aromatic rings. The van der Waals surface area contributed by atoms with Gasteiger partial charge in [-0.15, -0.1) is 0 Å². The Bertz CT molecular complexity index is 1270. The smallest absolute Gasteiger partial charge is 0.347 e. The number of ether oxygens (including phenoxy) is 3. The van der Waals surface area contributed by atoms with Gasteiger partial charge in [-0.1, -0.05) is 36.4 Å². The molecule has 2 atom stereocenters. The van der Waals surface area contributed by atoms with Gasteiger partial charge >= 0.3 is 11.9 Å². The fraction of sp³-hybridized carbons (Fsp3) is 0.200. The van der Waals surface area contributed by atoms with Crippen LogP contribution in [0.5, 0.6) is 5.75 Å². The highest BCUT2D eigenvalue weighted by Crippen LogP contribution is 2.23. The van der Waals surface area contributed by atoms with Crippen LogP contribution in [0.25, 0.3) is 0 Å². The van der Waals surface area contributed by atoms with Crippen LogP contribution in [-0.2, 0) is 30.9 Å². The van der Waals surface area contributed by atoms with Crippen molar-refractivity contribution in [1.82, 2.24) is 0 Å². The maximum absolute atomic E-state index is 12.8. The van der Waals surface area contributed by atoms with Gasteiger partial charge in [0.15, 0.2) is 0 Å². The molecule has 1 fully saturated rings. The van der Waals surface area contributed by atoms with E-state index in [4.69, 9.17) is 14.2 Å². The summed E-state index contributed by atoms with van der Waals surface area (Å²) in [6.45, 7) is 2.10. The molecule has 0 amide bonds. The fourth-order valence-electron chi connectivity index (χ4n) is 3.38. The number of cyclic esters (lactones) is 1. The van der Waals surface area contributed by atoms with Crippen LogP contribution in [0.15, 0.2) is 83.8 Å². The molecule has 0 bridgehead atoms. The standard InChI is InChI=1S/C25H23NO7S/c1-17-14-23(25(28)32-17)33-24(27)19-8-5-9-22(15-19)34(29,30)26-20-10-12-21(13-11-20)31-16-18-6-3-2-4-7-18/h2-13,15,17,23,26H,14,16H2,1H3. The zero-order valence-corrected chi connectivity index (χ0v) is 19.2. The van der Waals surface area contributed by atoms with Gasteiger partial charge < -0.3 is 14.2 Å². The van der Waals surface area contributed by atoms with Crippen LogP contribution in [0.2, 0.25) is 0 Å². The van der Waals surface area contributed by atoms with Gasteiger partial charge in [0.1, 0.15) is 18.5 Å². The number of carbonyl (C=O) groups is 2. The first-order valence-corrected chi connectivity index (χ1v) is 12.1. The summed E-state index contributed by atoms with van der Waals surface area (Å²) in [4.78, 5) is 24.0. The Labute approximate surface area is 197 Å². The summed E-state index contributed by atoms with van der Waals surface area (Å²) < 4.78 is 44.0. The van der Waals surface area contributed by atoms with E-state index >= 15 is 0 Å². The molecule has 9 heteroatoms. The molecular formula is C25H23NO7S. The molecule has 3 aromatic carbocycles. The van der Waals surface area contributed by atoms with E-state index in [2.05, 4.69) is 4.72 Å². The third-order valence-corrected chi connectivity index (χ3v) is 6.49. The highest BCUT2D eigenvalue weighted by molar-refractivity contribution is 7.92. The van der Waals surface area contributed by atoms with Gasteiger partial charge in [-0.2, -0.15) is 0 Å². The van der Waals surface area contributed by atoms with E-state index in [1.807, 2.05) is 30.3 Å². The second-order valence-corrected chi connectivity index (χ2v) is 9.49. The molecule has 1 aliphatic rings. The lowest BCUT2D eigenvalue weighted by atomic mass is 10.2. The van der Waals surface area contributed by atoms with E-state index in [1.54, 1.807) is 31.2 Å². The summed E-state index contributed by atoms with van der Waals surface area (Å²) >= 11 is 0. The molecule has 0 aliphatic carbocycles. The number of hydrogen-bond donors (Lipinski definition) is 1. The quantitative estimate of drug-likeness (QED) is 0.486. The van der Waals surface area contributed by atoms with Gasteiger partial charge in [-0.3, -0.25) is 4.72 Å². The third-order valence-electron chi connectivity index (χ3n) is 5.11. The SMILES string of the molecule is CC1CC(OC(=O)c2cccc(S(=O)(=O)Nc3ccc(OCc4ccccc4)cc3)c2)C(=O)O1. The van der Waals surface area contributed by atoms with Crippen LogP contribution in [0.3, 0.4) is 0 Å². The minimum atomic E-state index is -3.97. The summed E-state index contributed by atoms with van der Waals surface area (Å²) in [5.41, 5.74) is 1.37. The number of nitrogens with one attached hydrogen (secondary N) is 1. The molecule has 4 rings (SSSR count). The van der Waals surface area contributed by atoms with Gasteiger partial charge in [0.25, 0.3) is 10.0 Å². The van der Waals surface area contributed by atoms with E-state index in [1.165, 1.54) is 24.3 Å². The van der Waals surface area contributed by atoms with E-state index in [0.29, 0.717) is 18.0 Å². The molecule has 0 aromatic heterocycles. The molecule has 34 heavy (non-hydrogen) atoms. The zero-order chi connectivity index (χ0) is 24.1. The van der Waals surface area contributed by atoms with Crippen molar-refractivity contribution in [1.29, 1.82) is 0 Å². The molecule has 1 saturated heterocycles. The minimum absolute atomic E-state index is 0.0138. The molecule has 0 spiro atoms. The fourth-order valence-corrected chi connectivity index (χ4v) is 4.48. The molecular weight excluding hydrogens is 458 g/mol. The van der Waals surface area contributed by atoms with E-state index in [-0.39, 0.29) is 23.0 Å². The first-order chi connectivity index (χ1) is 16.3. The van der Waals surface area contributed by atoms with Crippen molar-refractivity contribution in [3.63, 3.8) is 0 Å². The van der Waals surface area contributed by atoms with E-state index in [0.717, 1.165) is 5.56 Å². The van der Waals surface area contributed by atoms with Gasteiger partial charge in [0.2, 0.25) is 6.10 Å². The van der Waals surface area contributed by atoms with Gasteiger partial charge in [0, 0.05) is 12.1 Å². The minimum Gasteiger partial charge on any atom is -0.489 e. The van der Waals surface area contributed by atoms with Crippen LogP contribution in [-0.4, -0.2) is 32.6 Å². The van der Waals surface area contributed by atoms with Crippen LogP contribution in [0.4, 0.5) is 5.69 Å². The lowest BCUT2D eigenvalue weighted by Crippen LogP contribution is -2.23. The molecule has 2 unspecified atom stereocenters. The average molecular weight is 482 g/mol. The van der Waals surface area contributed by atoms with Crippen molar-refractivity contribution < 1.29 is 32.2 Å². The van der Waals surface area contributed by atoms with Gasteiger partial charge in [-0.25, -0.2) is 18.0 Å². The maximum atomic E-state index is 12.8. The molecule has 0 saturated carbocycles. The Kier molecular flexibility index (Phi) is 6.83. The lowest BCUT2D eigenvalue weighted by molar-refractivity contribution is -0.147. The molecule has 1 N–H and O–H groups in total. The van der Waals surface area contributed by atoms with Crippen LogP contribution < -0.4 is 9.46 Å². The molecule has 8 nitrogen and oxygen atoms in total. The first-order valence-electron chi connectivity index (χ1n) is 10.6. The van der Waals surface area contributed by atoms with Crippen LogP contribution >= 0.6 is 0 Å². The second-order valence-electron chi connectivity index (χ2n) is 7.81. The summed E-state index contributed by atoms with van der Waals surface area (Å²) in [5.74, 6) is -0.813. The summed E-state index contributed by atoms with van der Waals surface area (Å²) in [6, 6.07) is 21.6. The predicted octanol–water partition coefficient (Wildman–Crippen LogP) is 3.93. The number of benzene rings is 3. The van der Waals surface area contributed by atoms with E-state index in [9.17, 15) is 18.0 Å². The molecule has 176 valence electrons. The largest absolute Gasteiger partial charge is 0.489 e. The molecule has 0 radical (unpaired) electrons. The third kappa shape index (κ3) is 5.74. The Morgan fingerprint density at radius 2 is 1.76 bits per heavy atom. The Hall–Kier alpha value is -3.85. The number of carbonyl (C=O) groups excluding carboxylic acids is 2. The number of rotatable bonds is 8. The highest BCUT2D eigenvalue weighted by atomic mass is 32.2. The average Bonchev–Trinajstić information content (AvgIpc) is 3.15. The number of esters is 2. The summed E-state index contributed by atoms with van der Waals surface area (Å²) in [6.07, 6.45) is -1.07. The van der Waals surface area contributed by atoms with Gasteiger partial charge in [0.05, 0.1) is 10.5 Å². The summed E-state index contributed by atoms with van der Waals surface area (Å²) in [7, 11) is -3.97. The first kappa shape index (κ1) is 23.3. The number of sulfonamides is 1.